The fraction of sp³-hybridized carbons (Fsp3) is 0.500. The first-order chi connectivity index (χ1) is 7.75. The molecule has 3 nitrogen and oxygen atoms in total. The van der Waals surface area contributed by atoms with Gasteiger partial charge in [0.05, 0.1) is 4.47 Å². The van der Waals surface area contributed by atoms with Gasteiger partial charge in [0, 0.05) is 5.54 Å². The fourth-order valence-corrected chi connectivity index (χ4v) is 2.75. The van der Waals surface area contributed by atoms with Crippen molar-refractivity contribution < 1.29 is 9.47 Å². The van der Waals surface area contributed by atoms with Crippen LogP contribution in [0.2, 0.25) is 0 Å². The second kappa shape index (κ2) is 3.64. The smallest absolute Gasteiger partial charge is 0.175 e. The predicted octanol–water partition coefficient (Wildman–Crippen LogP) is 2.43. The molecule has 0 unspecified atom stereocenters. The first kappa shape index (κ1) is 10.4. The molecule has 0 spiro atoms. The van der Waals surface area contributed by atoms with Gasteiger partial charge in [-0.25, -0.2) is 0 Å². The molecule has 3 rings (SSSR count). The van der Waals surface area contributed by atoms with E-state index in [-0.39, 0.29) is 5.54 Å². The summed E-state index contributed by atoms with van der Waals surface area (Å²) in [4.78, 5) is 0. The number of rotatable bonds is 2. The molecular weight excluding hydrogens is 270 g/mol. The third kappa shape index (κ3) is 1.52. The van der Waals surface area contributed by atoms with Gasteiger partial charge in [0.2, 0.25) is 0 Å². The van der Waals surface area contributed by atoms with Gasteiger partial charge < -0.3 is 14.8 Å². The first-order valence-corrected chi connectivity index (χ1v) is 6.33. The Morgan fingerprint density at radius 3 is 2.69 bits per heavy atom. The van der Waals surface area contributed by atoms with E-state index in [9.17, 15) is 0 Å². The van der Waals surface area contributed by atoms with Crippen molar-refractivity contribution in [3.05, 3.63) is 22.2 Å². The van der Waals surface area contributed by atoms with Crippen molar-refractivity contribution in [2.45, 2.75) is 18.4 Å². The molecule has 0 amide bonds. The standard InChI is InChI=1S/C12H14BrNO2/c1-14-12(2-3-12)8-6-9(13)11-10(7-8)15-4-5-16-11/h6-7,14H,2-5H2,1H3. The molecule has 1 aliphatic heterocycles. The van der Waals surface area contributed by atoms with Gasteiger partial charge >= 0.3 is 0 Å². The quantitative estimate of drug-likeness (QED) is 0.904. The van der Waals surface area contributed by atoms with Crippen LogP contribution in [0.4, 0.5) is 0 Å². The van der Waals surface area contributed by atoms with Gasteiger partial charge in [-0.05, 0) is 53.5 Å². The van der Waals surface area contributed by atoms with Crippen molar-refractivity contribution in [1.82, 2.24) is 5.32 Å². The van der Waals surface area contributed by atoms with E-state index in [4.69, 9.17) is 9.47 Å². The van der Waals surface area contributed by atoms with Gasteiger partial charge in [0.1, 0.15) is 13.2 Å². The van der Waals surface area contributed by atoms with Crippen molar-refractivity contribution >= 4 is 15.9 Å². The molecule has 4 heteroatoms. The molecule has 1 aromatic carbocycles. The summed E-state index contributed by atoms with van der Waals surface area (Å²) in [7, 11) is 2.01. The van der Waals surface area contributed by atoms with E-state index in [1.807, 2.05) is 7.05 Å². The van der Waals surface area contributed by atoms with Gasteiger partial charge in [-0.2, -0.15) is 0 Å². The molecule has 1 aromatic rings. The average Bonchev–Trinajstić information content (AvgIpc) is 3.10. The van der Waals surface area contributed by atoms with Gasteiger partial charge in [0.25, 0.3) is 0 Å². The van der Waals surface area contributed by atoms with Crippen LogP contribution in [-0.4, -0.2) is 20.3 Å². The number of benzene rings is 1. The number of halogens is 1. The van der Waals surface area contributed by atoms with Crippen LogP contribution in [0, 0.1) is 0 Å². The second-order valence-electron chi connectivity index (χ2n) is 4.31. The van der Waals surface area contributed by atoms with Crippen molar-refractivity contribution in [3.8, 4) is 11.5 Å². The largest absolute Gasteiger partial charge is 0.486 e. The van der Waals surface area contributed by atoms with Crippen LogP contribution < -0.4 is 14.8 Å². The van der Waals surface area contributed by atoms with E-state index in [0.717, 1.165) is 16.0 Å². The summed E-state index contributed by atoms with van der Waals surface area (Å²) in [5.41, 5.74) is 1.45. The summed E-state index contributed by atoms with van der Waals surface area (Å²) in [5, 5.41) is 3.39. The molecule has 0 saturated heterocycles. The molecule has 86 valence electrons. The van der Waals surface area contributed by atoms with Crippen molar-refractivity contribution in [1.29, 1.82) is 0 Å². The number of hydrogen-bond donors (Lipinski definition) is 1. The lowest BCUT2D eigenvalue weighted by Crippen LogP contribution is -2.25. The van der Waals surface area contributed by atoms with Crippen LogP contribution in [0.1, 0.15) is 18.4 Å². The van der Waals surface area contributed by atoms with E-state index < -0.39 is 0 Å². The Balaban J connectivity index is 2.05. The highest BCUT2D eigenvalue weighted by atomic mass is 79.9. The molecular formula is C12H14BrNO2. The Morgan fingerprint density at radius 2 is 2.00 bits per heavy atom. The van der Waals surface area contributed by atoms with E-state index >= 15 is 0 Å². The number of hydrogen-bond acceptors (Lipinski definition) is 3. The molecule has 0 atom stereocenters. The first-order valence-electron chi connectivity index (χ1n) is 5.54. The lowest BCUT2D eigenvalue weighted by atomic mass is 10.0. The van der Waals surface area contributed by atoms with E-state index in [2.05, 4.69) is 33.4 Å². The number of ether oxygens (including phenoxy) is 2. The Bertz CT molecular complexity index is 429. The van der Waals surface area contributed by atoms with E-state index in [1.165, 1.54) is 18.4 Å². The predicted molar refractivity (Wildman–Crippen MR) is 65.1 cm³/mol. The molecule has 0 bridgehead atoms. The Hall–Kier alpha value is -0.740. The normalized spacial score (nSPS) is 20.6. The van der Waals surface area contributed by atoms with E-state index in [0.29, 0.717) is 13.2 Å². The maximum atomic E-state index is 5.63. The minimum atomic E-state index is 0.165. The second-order valence-corrected chi connectivity index (χ2v) is 5.17. The SMILES string of the molecule is CNC1(c2cc(Br)c3c(c2)OCCO3)CC1. The van der Waals surface area contributed by atoms with Crippen LogP contribution >= 0.6 is 15.9 Å². The van der Waals surface area contributed by atoms with Crippen molar-refractivity contribution in [2.75, 3.05) is 20.3 Å². The lowest BCUT2D eigenvalue weighted by molar-refractivity contribution is 0.170. The molecule has 1 N–H and O–H groups in total. The number of nitrogens with one attached hydrogen (secondary N) is 1. The summed E-state index contributed by atoms with van der Waals surface area (Å²) in [6.45, 7) is 1.26. The zero-order valence-corrected chi connectivity index (χ0v) is 10.8. The topological polar surface area (TPSA) is 30.5 Å². The van der Waals surface area contributed by atoms with Gasteiger partial charge in [-0.1, -0.05) is 0 Å². The zero-order chi connectivity index (χ0) is 11.2. The van der Waals surface area contributed by atoms with Gasteiger partial charge in [0.15, 0.2) is 11.5 Å². The fourth-order valence-electron chi connectivity index (χ4n) is 2.20. The highest BCUT2D eigenvalue weighted by molar-refractivity contribution is 9.10. The summed E-state index contributed by atoms with van der Waals surface area (Å²) in [5.74, 6) is 1.69. The number of fused-ring (bicyclic) bond motifs is 1. The Morgan fingerprint density at radius 1 is 1.25 bits per heavy atom. The molecule has 16 heavy (non-hydrogen) atoms. The summed E-state index contributed by atoms with van der Waals surface area (Å²) < 4.78 is 12.2. The molecule has 1 aliphatic carbocycles. The van der Waals surface area contributed by atoms with Crippen LogP contribution in [0.5, 0.6) is 11.5 Å². The van der Waals surface area contributed by atoms with Crippen LogP contribution in [0.15, 0.2) is 16.6 Å². The maximum absolute atomic E-state index is 5.63. The van der Waals surface area contributed by atoms with Crippen molar-refractivity contribution in [2.24, 2.45) is 0 Å². The summed E-state index contributed by atoms with van der Waals surface area (Å²) in [6.07, 6.45) is 2.38. The highest BCUT2D eigenvalue weighted by Crippen LogP contribution is 2.49. The van der Waals surface area contributed by atoms with E-state index in [1.54, 1.807) is 0 Å². The molecule has 0 radical (unpaired) electrons. The van der Waals surface area contributed by atoms with Crippen LogP contribution in [0.25, 0.3) is 0 Å². The minimum Gasteiger partial charge on any atom is -0.486 e. The zero-order valence-electron chi connectivity index (χ0n) is 9.18. The van der Waals surface area contributed by atoms with Crippen LogP contribution in [-0.2, 0) is 5.54 Å². The molecule has 0 aromatic heterocycles. The highest BCUT2D eigenvalue weighted by Gasteiger charge is 2.43. The molecule has 1 fully saturated rings. The Labute approximate surface area is 103 Å². The summed E-state index contributed by atoms with van der Waals surface area (Å²) >= 11 is 3.55. The summed E-state index contributed by atoms with van der Waals surface area (Å²) in [6, 6.07) is 4.24. The maximum Gasteiger partial charge on any atom is 0.175 e. The monoisotopic (exact) mass is 283 g/mol. The molecule has 1 saturated carbocycles. The van der Waals surface area contributed by atoms with Crippen LogP contribution in [0.3, 0.4) is 0 Å². The third-order valence-electron chi connectivity index (χ3n) is 3.38. The lowest BCUT2D eigenvalue weighted by Gasteiger charge is -2.23. The average molecular weight is 284 g/mol. The Kier molecular flexibility index (Phi) is 2.37. The third-order valence-corrected chi connectivity index (χ3v) is 3.97. The van der Waals surface area contributed by atoms with Crippen molar-refractivity contribution in [3.63, 3.8) is 0 Å². The van der Waals surface area contributed by atoms with Gasteiger partial charge in [-0.3, -0.25) is 0 Å². The minimum absolute atomic E-state index is 0.165. The van der Waals surface area contributed by atoms with Gasteiger partial charge in [-0.15, -0.1) is 0 Å². The molecule has 1 heterocycles. The molecule has 2 aliphatic rings.